The van der Waals surface area contributed by atoms with Gasteiger partial charge in [-0.2, -0.15) is 0 Å². The number of hydrogen-bond donors (Lipinski definition) is 1. The van der Waals surface area contributed by atoms with Gasteiger partial charge in [0.2, 0.25) is 0 Å². The van der Waals surface area contributed by atoms with Crippen LogP contribution in [0.5, 0.6) is 0 Å². The SMILES string of the molecule is O=C(NC1CN2CCC1CC2)c1ccc(-c2ccc(F)cn2)o1. The number of aromatic nitrogens is 1. The number of amides is 1. The van der Waals surface area contributed by atoms with Gasteiger partial charge in [-0.15, -0.1) is 0 Å². The second kappa shape index (κ2) is 5.77. The van der Waals surface area contributed by atoms with E-state index < -0.39 is 5.82 Å². The number of rotatable bonds is 3. The van der Waals surface area contributed by atoms with E-state index in [0.717, 1.165) is 38.7 Å². The molecule has 5 heterocycles. The van der Waals surface area contributed by atoms with Crippen LogP contribution in [0.2, 0.25) is 0 Å². The normalized spacial score (nSPS) is 26.2. The van der Waals surface area contributed by atoms with Gasteiger partial charge in [-0.3, -0.25) is 4.79 Å². The van der Waals surface area contributed by atoms with Crippen molar-refractivity contribution in [2.75, 3.05) is 19.6 Å². The predicted molar refractivity (Wildman–Crippen MR) is 82.3 cm³/mol. The third-order valence-corrected chi connectivity index (χ3v) is 4.78. The van der Waals surface area contributed by atoms with E-state index >= 15 is 0 Å². The van der Waals surface area contributed by atoms with Crippen LogP contribution in [0.3, 0.4) is 0 Å². The summed E-state index contributed by atoms with van der Waals surface area (Å²) in [5, 5.41) is 3.09. The number of nitrogens with zero attached hydrogens (tertiary/aromatic N) is 2. The van der Waals surface area contributed by atoms with Gasteiger partial charge in [0.15, 0.2) is 11.5 Å². The Kier molecular flexibility index (Phi) is 3.61. The first-order valence-corrected chi connectivity index (χ1v) is 7.94. The number of fused-ring (bicyclic) bond motifs is 3. The number of furan rings is 1. The van der Waals surface area contributed by atoms with Crippen molar-refractivity contribution < 1.29 is 13.6 Å². The quantitative estimate of drug-likeness (QED) is 0.944. The van der Waals surface area contributed by atoms with Crippen molar-refractivity contribution in [2.45, 2.75) is 18.9 Å². The Morgan fingerprint density at radius 3 is 2.74 bits per heavy atom. The number of piperidine rings is 3. The zero-order chi connectivity index (χ0) is 15.8. The number of pyridine rings is 1. The Balaban J connectivity index is 1.46. The summed E-state index contributed by atoms with van der Waals surface area (Å²) in [5.41, 5.74) is 0.508. The van der Waals surface area contributed by atoms with Crippen molar-refractivity contribution in [1.82, 2.24) is 15.2 Å². The van der Waals surface area contributed by atoms with E-state index in [1.165, 1.54) is 12.1 Å². The summed E-state index contributed by atoms with van der Waals surface area (Å²) in [5.74, 6) is 0.696. The van der Waals surface area contributed by atoms with Crippen LogP contribution in [0.25, 0.3) is 11.5 Å². The first kappa shape index (κ1) is 14.4. The van der Waals surface area contributed by atoms with Crippen LogP contribution in [-0.2, 0) is 0 Å². The fourth-order valence-corrected chi connectivity index (χ4v) is 3.49. The molecule has 3 aliphatic heterocycles. The van der Waals surface area contributed by atoms with E-state index in [2.05, 4.69) is 15.2 Å². The molecule has 3 aliphatic rings. The van der Waals surface area contributed by atoms with Crippen molar-refractivity contribution in [3.05, 3.63) is 42.0 Å². The standard InChI is InChI=1S/C17H18FN3O2/c18-12-1-2-13(19-9-12)15-3-4-16(23-15)17(22)20-14-10-21-7-5-11(14)6-8-21/h1-4,9,11,14H,5-8,10H2,(H,20,22). The fraction of sp³-hybridized carbons (Fsp3) is 0.412. The van der Waals surface area contributed by atoms with Gasteiger partial charge in [-0.05, 0) is 56.1 Å². The predicted octanol–water partition coefficient (Wildman–Crippen LogP) is 2.30. The Morgan fingerprint density at radius 2 is 2.09 bits per heavy atom. The lowest BCUT2D eigenvalue weighted by molar-refractivity contribution is 0.0606. The first-order chi connectivity index (χ1) is 11.2. The molecule has 6 heteroatoms. The Hall–Kier alpha value is -2.21. The van der Waals surface area contributed by atoms with Gasteiger partial charge in [-0.1, -0.05) is 0 Å². The minimum atomic E-state index is -0.402. The third kappa shape index (κ3) is 2.86. The molecule has 23 heavy (non-hydrogen) atoms. The van der Waals surface area contributed by atoms with Crippen LogP contribution in [0, 0.1) is 11.7 Å². The molecule has 0 spiro atoms. The molecule has 120 valence electrons. The molecular weight excluding hydrogens is 297 g/mol. The van der Waals surface area contributed by atoms with Crippen molar-refractivity contribution in [3.63, 3.8) is 0 Å². The highest BCUT2D eigenvalue weighted by atomic mass is 19.1. The summed E-state index contributed by atoms with van der Waals surface area (Å²) in [6.45, 7) is 3.19. The molecule has 5 nitrogen and oxygen atoms in total. The number of carbonyl (C=O) groups is 1. The van der Waals surface area contributed by atoms with Crippen LogP contribution in [0.15, 0.2) is 34.9 Å². The van der Waals surface area contributed by atoms with Gasteiger partial charge >= 0.3 is 0 Å². The number of carbonyl (C=O) groups excluding carboxylic acids is 1. The van der Waals surface area contributed by atoms with Gasteiger partial charge in [-0.25, -0.2) is 9.37 Å². The van der Waals surface area contributed by atoms with E-state index in [4.69, 9.17) is 4.42 Å². The highest BCUT2D eigenvalue weighted by molar-refractivity contribution is 5.92. The highest BCUT2D eigenvalue weighted by Crippen LogP contribution is 2.28. The average molecular weight is 315 g/mol. The van der Waals surface area contributed by atoms with Gasteiger partial charge in [0, 0.05) is 12.6 Å². The molecule has 2 bridgehead atoms. The summed E-state index contributed by atoms with van der Waals surface area (Å²) < 4.78 is 18.5. The largest absolute Gasteiger partial charge is 0.449 e. The molecule has 1 unspecified atom stereocenters. The minimum absolute atomic E-state index is 0.197. The second-order valence-corrected chi connectivity index (χ2v) is 6.24. The van der Waals surface area contributed by atoms with Crippen LogP contribution >= 0.6 is 0 Å². The zero-order valence-electron chi connectivity index (χ0n) is 12.7. The van der Waals surface area contributed by atoms with Gasteiger partial charge in [0.1, 0.15) is 11.5 Å². The summed E-state index contributed by atoms with van der Waals surface area (Å²) in [4.78, 5) is 18.7. The molecule has 1 amide bonds. The van der Waals surface area contributed by atoms with Crippen LogP contribution < -0.4 is 5.32 Å². The van der Waals surface area contributed by atoms with E-state index in [9.17, 15) is 9.18 Å². The molecule has 3 saturated heterocycles. The summed E-state index contributed by atoms with van der Waals surface area (Å²) in [6.07, 6.45) is 3.42. The maximum atomic E-state index is 12.9. The van der Waals surface area contributed by atoms with Crippen molar-refractivity contribution in [2.24, 2.45) is 5.92 Å². The Bertz CT molecular complexity index is 705. The maximum Gasteiger partial charge on any atom is 0.287 e. The fourth-order valence-electron chi connectivity index (χ4n) is 3.49. The lowest BCUT2D eigenvalue weighted by Gasteiger charge is -2.44. The van der Waals surface area contributed by atoms with Crippen molar-refractivity contribution >= 4 is 5.91 Å². The minimum Gasteiger partial charge on any atom is -0.449 e. The van der Waals surface area contributed by atoms with E-state index in [1.54, 1.807) is 12.1 Å². The summed E-state index contributed by atoms with van der Waals surface area (Å²) in [7, 11) is 0. The molecule has 2 aromatic rings. The monoisotopic (exact) mass is 315 g/mol. The zero-order valence-corrected chi connectivity index (χ0v) is 12.7. The smallest absolute Gasteiger partial charge is 0.287 e. The van der Waals surface area contributed by atoms with Crippen LogP contribution in [0.1, 0.15) is 23.4 Å². The molecule has 2 aromatic heterocycles. The number of halogens is 1. The first-order valence-electron chi connectivity index (χ1n) is 7.94. The molecule has 1 N–H and O–H groups in total. The van der Waals surface area contributed by atoms with Gasteiger partial charge in [0.05, 0.1) is 6.20 Å². The molecular formula is C17H18FN3O2. The van der Waals surface area contributed by atoms with Crippen LogP contribution in [-0.4, -0.2) is 41.5 Å². The third-order valence-electron chi connectivity index (χ3n) is 4.78. The van der Waals surface area contributed by atoms with E-state index in [-0.39, 0.29) is 17.7 Å². The maximum absolute atomic E-state index is 12.9. The Morgan fingerprint density at radius 1 is 1.26 bits per heavy atom. The molecule has 0 aliphatic carbocycles. The second-order valence-electron chi connectivity index (χ2n) is 6.24. The average Bonchev–Trinajstić information content (AvgIpc) is 3.07. The summed E-state index contributed by atoms with van der Waals surface area (Å²) in [6, 6.07) is 6.37. The Labute approximate surface area is 133 Å². The topological polar surface area (TPSA) is 58.4 Å². The summed E-state index contributed by atoms with van der Waals surface area (Å²) >= 11 is 0. The highest BCUT2D eigenvalue weighted by Gasteiger charge is 2.35. The molecule has 1 atom stereocenters. The van der Waals surface area contributed by atoms with E-state index in [1.807, 2.05) is 0 Å². The molecule has 0 saturated carbocycles. The van der Waals surface area contributed by atoms with Gasteiger partial charge < -0.3 is 14.6 Å². The number of hydrogen-bond acceptors (Lipinski definition) is 4. The molecule has 3 fully saturated rings. The number of nitrogens with one attached hydrogen (secondary N) is 1. The lowest BCUT2D eigenvalue weighted by Crippen LogP contribution is -2.57. The molecule has 0 aromatic carbocycles. The lowest BCUT2D eigenvalue weighted by atomic mass is 9.84. The van der Waals surface area contributed by atoms with Crippen molar-refractivity contribution in [1.29, 1.82) is 0 Å². The molecule has 0 radical (unpaired) electrons. The van der Waals surface area contributed by atoms with E-state index in [0.29, 0.717) is 17.4 Å². The van der Waals surface area contributed by atoms with Gasteiger partial charge in [0.25, 0.3) is 5.91 Å². The van der Waals surface area contributed by atoms with Crippen LogP contribution in [0.4, 0.5) is 4.39 Å². The molecule has 5 rings (SSSR count). The van der Waals surface area contributed by atoms with Crippen molar-refractivity contribution in [3.8, 4) is 11.5 Å².